The number of ether oxygens (including phenoxy) is 2. The number of nitrogens with one attached hydrogen (secondary N) is 1. The van der Waals surface area contributed by atoms with E-state index in [2.05, 4.69) is 4.72 Å². The Balaban J connectivity index is 1.77. The molecular formula is C18H22N2O4S. The normalized spacial score (nSPS) is 15.2. The van der Waals surface area contributed by atoms with Crippen LogP contribution >= 0.6 is 0 Å². The SMILES string of the molecule is CN(C)[C@H](CNS(=O)(=O)c1ccc2c(c1)OCCO2)c1ccccc1. The molecule has 25 heavy (non-hydrogen) atoms. The third kappa shape index (κ3) is 4.12. The Morgan fingerprint density at radius 3 is 2.40 bits per heavy atom. The van der Waals surface area contributed by atoms with Crippen LogP contribution in [0.5, 0.6) is 11.5 Å². The van der Waals surface area contributed by atoms with Crippen LogP contribution in [0.25, 0.3) is 0 Å². The first-order valence-corrected chi connectivity index (χ1v) is 9.56. The summed E-state index contributed by atoms with van der Waals surface area (Å²) in [5.41, 5.74) is 1.05. The Morgan fingerprint density at radius 2 is 1.72 bits per heavy atom. The van der Waals surface area contributed by atoms with E-state index in [1.165, 1.54) is 12.1 Å². The lowest BCUT2D eigenvalue weighted by Crippen LogP contribution is -2.34. The molecule has 0 fully saturated rings. The van der Waals surface area contributed by atoms with E-state index < -0.39 is 10.0 Å². The summed E-state index contributed by atoms with van der Waals surface area (Å²) in [5, 5.41) is 0. The van der Waals surface area contributed by atoms with E-state index >= 15 is 0 Å². The Kier molecular flexibility index (Phi) is 5.27. The average molecular weight is 362 g/mol. The summed E-state index contributed by atoms with van der Waals surface area (Å²) in [4.78, 5) is 2.16. The van der Waals surface area contributed by atoms with E-state index in [0.29, 0.717) is 24.7 Å². The van der Waals surface area contributed by atoms with Crippen LogP contribution in [0.3, 0.4) is 0 Å². The quantitative estimate of drug-likeness (QED) is 0.852. The molecular weight excluding hydrogens is 340 g/mol. The first kappa shape index (κ1) is 17.7. The molecule has 6 nitrogen and oxygen atoms in total. The minimum absolute atomic E-state index is 0.0619. The molecule has 134 valence electrons. The highest BCUT2D eigenvalue weighted by Crippen LogP contribution is 2.32. The lowest BCUT2D eigenvalue weighted by Gasteiger charge is -2.25. The van der Waals surface area contributed by atoms with Crippen molar-refractivity contribution in [3.63, 3.8) is 0 Å². The third-order valence-electron chi connectivity index (χ3n) is 4.10. The highest BCUT2D eigenvalue weighted by molar-refractivity contribution is 7.89. The van der Waals surface area contributed by atoms with E-state index in [9.17, 15) is 8.42 Å². The molecule has 0 bridgehead atoms. The van der Waals surface area contributed by atoms with Gasteiger partial charge in [-0.2, -0.15) is 0 Å². The third-order valence-corrected chi connectivity index (χ3v) is 5.52. The second kappa shape index (κ2) is 7.43. The van der Waals surface area contributed by atoms with E-state index in [4.69, 9.17) is 9.47 Å². The van der Waals surface area contributed by atoms with Crippen LogP contribution < -0.4 is 14.2 Å². The number of nitrogens with zero attached hydrogens (tertiary/aromatic N) is 1. The van der Waals surface area contributed by atoms with E-state index in [0.717, 1.165) is 5.56 Å². The topological polar surface area (TPSA) is 67.9 Å². The van der Waals surface area contributed by atoms with Crippen molar-refractivity contribution in [1.82, 2.24) is 9.62 Å². The molecule has 0 aromatic heterocycles. The highest BCUT2D eigenvalue weighted by atomic mass is 32.2. The maximum absolute atomic E-state index is 12.7. The fraction of sp³-hybridized carbons (Fsp3) is 0.333. The van der Waals surface area contributed by atoms with Crippen LogP contribution in [0.2, 0.25) is 0 Å². The maximum atomic E-state index is 12.7. The van der Waals surface area contributed by atoms with Crippen LogP contribution in [0.15, 0.2) is 53.4 Å². The molecule has 0 aliphatic carbocycles. The standard InChI is InChI=1S/C18H22N2O4S/c1-20(2)16(14-6-4-3-5-7-14)13-19-25(21,22)15-8-9-17-18(12-15)24-11-10-23-17/h3-9,12,16,19H,10-11,13H2,1-2H3/t16-/m1/s1. The second-order valence-electron chi connectivity index (χ2n) is 6.05. The van der Waals surface area contributed by atoms with E-state index in [1.54, 1.807) is 6.07 Å². The number of hydrogen-bond donors (Lipinski definition) is 1. The molecule has 0 amide bonds. The first-order chi connectivity index (χ1) is 12.0. The molecule has 1 atom stereocenters. The van der Waals surface area contributed by atoms with Gasteiger partial charge < -0.3 is 14.4 Å². The predicted octanol–water partition coefficient (Wildman–Crippen LogP) is 2.04. The molecule has 3 rings (SSSR count). The molecule has 0 saturated heterocycles. The van der Waals surface area contributed by atoms with Gasteiger partial charge in [0, 0.05) is 18.7 Å². The van der Waals surface area contributed by atoms with Crippen molar-refractivity contribution in [2.24, 2.45) is 0 Å². The minimum Gasteiger partial charge on any atom is -0.486 e. The predicted molar refractivity (Wildman–Crippen MR) is 95.5 cm³/mol. The molecule has 0 saturated carbocycles. The summed E-state index contributed by atoms with van der Waals surface area (Å²) >= 11 is 0. The van der Waals surface area contributed by atoms with Crippen LogP contribution in [-0.4, -0.2) is 47.2 Å². The van der Waals surface area contributed by atoms with Gasteiger partial charge >= 0.3 is 0 Å². The van der Waals surface area contributed by atoms with Crippen molar-refractivity contribution in [3.05, 3.63) is 54.1 Å². The zero-order valence-corrected chi connectivity index (χ0v) is 15.1. The van der Waals surface area contributed by atoms with Gasteiger partial charge in [0.05, 0.1) is 4.90 Å². The number of sulfonamides is 1. The van der Waals surface area contributed by atoms with Crippen molar-refractivity contribution in [3.8, 4) is 11.5 Å². The van der Waals surface area contributed by atoms with Crippen molar-refractivity contribution in [2.45, 2.75) is 10.9 Å². The first-order valence-electron chi connectivity index (χ1n) is 8.08. The summed E-state index contributed by atoms with van der Waals surface area (Å²) in [5.74, 6) is 1.03. The number of fused-ring (bicyclic) bond motifs is 1. The Morgan fingerprint density at radius 1 is 1.04 bits per heavy atom. The van der Waals surface area contributed by atoms with Gasteiger partial charge in [0.2, 0.25) is 10.0 Å². The second-order valence-corrected chi connectivity index (χ2v) is 7.81. The minimum atomic E-state index is -3.64. The number of rotatable bonds is 6. The number of hydrogen-bond acceptors (Lipinski definition) is 5. The Bertz CT molecular complexity index is 822. The van der Waals surface area contributed by atoms with E-state index in [1.807, 2.05) is 49.3 Å². The molecule has 1 aliphatic rings. The van der Waals surface area contributed by atoms with Gasteiger partial charge in [-0.3, -0.25) is 0 Å². The summed E-state index contributed by atoms with van der Waals surface area (Å²) in [7, 11) is 0.211. The summed E-state index contributed by atoms with van der Waals surface area (Å²) in [6.07, 6.45) is 0. The molecule has 2 aromatic carbocycles. The van der Waals surface area contributed by atoms with Gasteiger partial charge in [0.1, 0.15) is 13.2 Å². The van der Waals surface area contributed by atoms with Crippen molar-refractivity contribution >= 4 is 10.0 Å². The lowest BCUT2D eigenvalue weighted by atomic mass is 10.1. The molecule has 1 aliphatic heterocycles. The molecule has 0 radical (unpaired) electrons. The van der Waals surface area contributed by atoms with Crippen molar-refractivity contribution in [2.75, 3.05) is 33.9 Å². The van der Waals surface area contributed by atoms with Gasteiger partial charge in [-0.05, 0) is 31.8 Å². The molecule has 0 unspecified atom stereocenters. The molecule has 0 spiro atoms. The largest absolute Gasteiger partial charge is 0.486 e. The van der Waals surface area contributed by atoms with E-state index in [-0.39, 0.29) is 17.5 Å². The number of benzene rings is 2. The van der Waals surface area contributed by atoms with Crippen LogP contribution in [0, 0.1) is 0 Å². The zero-order valence-electron chi connectivity index (χ0n) is 14.3. The fourth-order valence-corrected chi connectivity index (χ4v) is 3.79. The van der Waals surface area contributed by atoms with Gasteiger partial charge in [-0.1, -0.05) is 30.3 Å². The molecule has 1 N–H and O–H groups in total. The Hall–Kier alpha value is -2.09. The summed E-state index contributed by atoms with van der Waals surface area (Å²) in [6, 6.07) is 14.4. The van der Waals surface area contributed by atoms with Gasteiger partial charge in [0.15, 0.2) is 11.5 Å². The fourth-order valence-electron chi connectivity index (χ4n) is 2.74. The molecule has 7 heteroatoms. The maximum Gasteiger partial charge on any atom is 0.240 e. The van der Waals surface area contributed by atoms with Gasteiger partial charge in [0.25, 0.3) is 0 Å². The summed E-state index contributed by atoms with van der Waals surface area (Å²) in [6.45, 7) is 1.16. The van der Waals surface area contributed by atoms with Gasteiger partial charge in [-0.15, -0.1) is 0 Å². The zero-order chi connectivity index (χ0) is 17.9. The van der Waals surface area contributed by atoms with Gasteiger partial charge in [-0.25, -0.2) is 13.1 Å². The Labute approximate surface area is 148 Å². The van der Waals surface area contributed by atoms with Crippen molar-refractivity contribution in [1.29, 1.82) is 0 Å². The van der Waals surface area contributed by atoms with Crippen molar-refractivity contribution < 1.29 is 17.9 Å². The lowest BCUT2D eigenvalue weighted by molar-refractivity contribution is 0.171. The molecule has 1 heterocycles. The monoisotopic (exact) mass is 362 g/mol. The van der Waals surface area contributed by atoms with Crippen LogP contribution in [0.1, 0.15) is 11.6 Å². The summed E-state index contributed by atoms with van der Waals surface area (Å²) < 4.78 is 38.9. The molecule has 2 aromatic rings. The average Bonchev–Trinajstić information content (AvgIpc) is 2.62. The number of likely N-dealkylation sites (N-methyl/N-ethyl adjacent to an activating group) is 1. The smallest absolute Gasteiger partial charge is 0.240 e. The highest BCUT2D eigenvalue weighted by Gasteiger charge is 2.22. The van der Waals surface area contributed by atoms with Crippen LogP contribution in [0.4, 0.5) is 0 Å². The van der Waals surface area contributed by atoms with Crippen LogP contribution in [-0.2, 0) is 10.0 Å².